The van der Waals surface area contributed by atoms with Crippen LogP contribution in [0.3, 0.4) is 0 Å². The van der Waals surface area contributed by atoms with Crippen LogP contribution in [-0.4, -0.2) is 20.1 Å². The fourth-order valence-corrected chi connectivity index (χ4v) is 2.84. The first-order valence-corrected chi connectivity index (χ1v) is 8.72. The van der Waals surface area contributed by atoms with E-state index in [1.165, 1.54) is 20.4 Å². The van der Waals surface area contributed by atoms with Crippen LogP contribution < -0.4 is 20.1 Å². The van der Waals surface area contributed by atoms with E-state index in [0.29, 0.717) is 17.2 Å². The highest BCUT2D eigenvalue weighted by Gasteiger charge is 2.13. The Kier molecular flexibility index (Phi) is 6.86. The van der Waals surface area contributed by atoms with Gasteiger partial charge in [-0.2, -0.15) is 5.26 Å². The smallest absolute Gasteiger partial charge is 0.267 e. The molecule has 0 atom stereocenters. The first-order chi connectivity index (χ1) is 12.5. The van der Waals surface area contributed by atoms with Crippen molar-refractivity contribution < 1.29 is 14.3 Å². The van der Waals surface area contributed by atoms with Gasteiger partial charge in [-0.25, -0.2) is 0 Å². The van der Waals surface area contributed by atoms with E-state index in [2.05, 4.69) is 33.2 Å². The second kappa shape index (κ2) is 9.10. The molecule has 0 radical (unpaired) electrons. The van der Waals surface area contributed by atoms with Crippen LogP contribution in [0, 0.1) is 21.8 Å². The van der Waals surface area contributed by atoms with Crippen molar-refractivity contribution in [1.82, 2.24) is 0 Å². The summed E-state index contributed by atoms with van der Waals surface area (Å²) in [6, 6.07) is 12.8. The highest BCUT2D eigenvalue weighted by Crippen LogP contribution is 2.29. The number of aryl methyl sites for hydroxylation is 1. The van der Waals surface area contributed by atoms with Gasteiger partial charge in [-0.15, -0.1) is 0 Å². The number of hydrogen-bond donors (Lipinski definition) is 2. The quantitative estimate of drug-likeness (QED) is 0.384. The second-order valence-corrected chi connectivity index (χ2v) is 6.54. The zero-order valence-electron chi connectivity index (χ0n) is 14.6. The van der Waals surface area contributed by atoms with Crippen LogP contribution >= 0.6 is 22.6 Å². The molecule has 0 saturated heterocycles. The number of carbonyl (C=O) groups excluding carboxylic acids is 1. The average Bonchev–Trinajstić information content (AvgIpc) is 2.63. The first kappa shape index (κ1) is 19.6. The molecular weight excluding hydrogens is 445 g/mol. The molecule has 0 aliphatic rings. The SMILES string of the molecule is COc1ccc(OC)c(NC(=O)/C(C#N)=C\Nc2ccc(I)cc2C)c1. The Morgan fingerprint density at radius 1 is 1.15 bits per heavy atom. The molecule has 0 aromatic heterocycles. The maximum absolute atomic E-state index is 12.4. The molecule has 6 nitrogen and oxygen atoms in total. The monoisotopic (exact) mass is 463 g/mol. The third-order valence-corrected chi connectivity index (χ3v) is 4.25. The Hall–Kier alpha value is -2.73. The second-order valence-electron chi connectivity index (χ2n) is 5.29. The van der Waals surface area contributed by atoms with Crippen LogP contribution in [0.5, 0.6) is 11.5 Å². The number of amides is 1. The molecule has 2 N–H and O–H groups in total. The van der Waals surface area contributed by atoms with Gasteiger partial charge in [-0.05, 0) is 65.4 Å². The zero-order chi connectivity index (χ0) is 19.1. The Labute approximate surface area is 165 Å². The highest BCUT2D eigenvalue weighted by atomic mass is 127. The van der Waals surface area contributed by atoms with Gasteiger partial charge in [-0.1, -0.05) is 0 Å². The summed E-state index contributed by atoms with van der Waals surface area (Å²) < 4.78 is 11.5. The third kappa shape index (κ3) is 4.89. The minimum atomic E-state index is -0.547. The molecule has 0 saturated carbocycles. The number of anilines is 2. The molecule has 7 heteroatoms. The predicted octanol–water partition coefficient (Wildman–Crippen LogP) is 4.07. The van der Waals surface area contributed by atoms with Crippen molar-refractivity contribution in [2.75, 3.05) is 24.9 Å². The summed E-state index contributed by atoms with van der Waals surface area (Å²) in [5, 5.41) is 15.0. The summed E-state index contributed by atoms with van der Waals surface area (Å²) in [5.41, 5.74) is 2.20. The van der Waals surface area contributed by atoms with Crippen molar-refractivity contribution in [3.05, 3.63) is 57.3 Å². The van der Waals surface area contributed by atoms with Gasteiger partial charge in [0.2, 0.25) is 0 Å². The number of benzene rings is 2. The maximum atomic E-state index is 12.4. The molecule has 2 aromatic carbocycles. The molecule has 2 rings (SSSR count). The van der Waals surface area contributed by atoms with E-state index in [9.17, 15) is 10.1 Å². The van der Waals surface area contributed by atoms with E-state index >= 15 is 0 Å². The average molecular weight is 463 g/mol. The van der Waals surface area contributed by atoms with Gasteiger partial charge in [0.1, 0.15) is 23.1 Å². The molecule has 0 bridgehead atoms. The number of ether oxygens (including phenoxy) is 2. The lowest BCUT2D eigenvalue weighted by Gasteiger charge is -2.11. The van der Waals surface area contributed by atoms with Gasteiger partial charge < -0.3 is 20.1 Å². The summed E-state index contributed by atoms with van der Waals surface area (Å²) >= 11 is 2.22. The van der Waals surface area contributed by atoms with Crippen molar-refractivity contribution >= 4 is 39.9 Å². The van der Waals surface area contributed by atoms with Crippen LogP contribution in [0.4, 0.5) is 11.4 Å². The minimum absolute atomic E-state index is 0.0622. The topological polar surface area (TPSA) is 83.4 Å². The van der Waals surface area contributed by atoms with Crippen molar-refractivity contribution in [2.24, 2.45) is 0 Å². The summed E-state index contributed by atoms with van der Waals surface area (Å²) in [6.07, 6.45) is 1.39. The Morgan fingerprint density at radius 3 is 2.54 bits per heavy atom. The Bertz CT molecular complexity index is 888. The number of nitrogens with one attached hydrogen (secondary N) is 2. The van der Waals surface area contributed by atoms with Crippen molar-refractivity contribution in [2.45, 2.75) is 6.92 Å². The van der Waals surface area contributed by atoms with Crippen LogP contribution in [0.1, 0.15) is 5.56 Å². The Balaban J connectivity index is 2.20. The van der Waals surface area contributed by atoms with E-state index in [1.54, 1.807) is 18.2 Å². The zero-order valence-corrected chi connectivity index (χ0v) is 16.7. The molecular formula is C19H18IN3O3. The number of methoxy groups -OCH3 is 2. The standard InChI is InChI=1S/C19H18IN3O3/c1-12-8-14(20)4-6-16(12)22-11-13(10-21)19(24)23-17-9-15(25-2)5-7-18(17)26-3/h4-9,11,22H,1-3H3,(H,23,24)/b13-11-. The number of nitrogens with zero attached hydrogens (tertiary/aromatic N) is 1. The molecule has 134 valence electrons. The molecule has 0 spiro atoms. The van der Waals surface area contributed by atoms with E-state index in [1.807, 2.05) is 31.2 Å². The molecule has 2 aromatic rings. The third-order valence-electron chi connectivity index (χ3n) is 3.58. The fraction of sp³-hybridized carbons (Fsp3) is 0.158. The first-order valence-electron chi connectivity index (χ1n) is 7.64. The molecule has 0 aliphatic carbocycles. The predicted molar refractivity (Wildman–Crippen MR) is 109 cm³/mol. The summed E-state index contributed by atoms with van der Waals surface area (Å²) in [4.78, 5) is 12.4. The van der Waals surface area contributed by atoms with Crippen LogP contribution in [0.15, 0.2) is 48.2 Å². The fourth-order valence-electron chi connectivity index (χ4n) is 2.19. The molecule has 26 heavy (non-hydrogen) atoms. The van der Waals surface area contributed by atoms with Crippen molar-refractivity contribution in [3.63, 3.8) is 0 Å². The summed E-state index contributed by atoms with van der Waals surface area (Å²) in [7, 11) is 3.03. The van der Waals surface area contributed by atoms with Gasteiger partial charge in [0.25, 0.3) is 5.91 Å². The number of nitriles is 1. The van der Waals surface area contributed by atoms with Gasteiger partial charge in [-0.3, -0.25) is 4.79 Å². The summed E-state index contributed by atoms with van der Waals surface area (Å²) in [6.45, 7) is 1.95. The van der Waals surface area contributed by atoms with Gasteiger partial charge >= 0.3 is 0 Å². The highest BCUT2D eigenvalue weighted by molar-refractivity contribution is 14.1. The van der Waals surface area contributed by atoms with E-state index in [-0.39, 0.29) is 5.57 Å². The lowest BCUT2D eigenvalue weighted by atomic mass is 10.2. The van der Waals surface area contributed by atoms with Crippen LogP contribution in [0.2, 0.25) is 0 Å². The normalized spacial score (nSPS) is 10.7. The molecule has 1 amide bonds. The van der Waals surface area contributed by atoms with Crippen molar-refractivity contribution in [3.8, 4) is 17.6 Å². The van der Waals surface area contributed by atoms with Gasteiger partial charge in [0.05, 0.1) is 19.9 Å². The largest absolute Gasteiger partial charge is 0.497 e. The molecule has 0 unspecified atom stereocenters. The van der Waals surface area contributed by atoms with Crippen LogP contribution in [-0.2, 0) is 4.79 Å². The van der Waals surface area contributed by atoms with E-state index < -0.39 is 5.91 Å². The number of carbonyl (C=O) groups is 1. The molecule has 0 heterocycles. The lowest BCUT2D eigenvalue weighted by Crippen LogP contribution is -2.15. The number of rotatable bonds is 6. The van der Waals surface area contributed by atoms with E-state index in [4.69, 9.17) is 9.47 Å². The number of halogens is 1. The summed E-state index contributed by atoms with van der Waals surface area (Å²) in [5.74, 6) is 0.490. The van der Waals surface area contributed by atoms with Crippen LogP contribution in [0.25, 0.3) is 0 Å². The lowest BCUT2D eigenvalue weighted by molar-refractivity contribution is -0.112. The molecule has 0 aliphatic heterocycles. The van der Waals surface area contributed by atoms with Gasteiger partial charge in [0, 0.05) is 21.5 Å². The minimum Gasteiger partial charge on any atom is -0.497 e. The van der Waals surface area contributed by atoms with Crippen molar-refractivity contribution in [1.29, 1.82) is 5.26 Å². The maximum Gasteiger partial charge on any atom is 0.267 e. The number of hydrogen-bond acceptors (Lipinski definition) is 5. The van der Waals surface area contributed by atoms with Gasteiger partial charge in [0.15, 0.2) is 0 Å². The molecule has 0 fully saturated rings. The Morgan fingerprint density at radius 2 is 1.92 bits per heavy atom. The van der Waals surface area contributed by atoms with E-state index in [0.717, 1.165) is 14.8 Å².